The van der Waals surface area contributed by atoms with Gasteiger partial charge in [0.15, 0.2) is 0 Å². The molecule has 16 heavy (non-hydrogen) atoms. The quantitative estimate of drug-likeness (QED) is 0.392. The second-order valence-corrected chi connectivity index (χ2v) is 3.46. The zero-order valence-corrected chi connectivity index (χ0v) is 9.62. The molecule has 0 radical (unpaired) electrons. The molecule has 0 bridgehead atoms. The number of ether oxygens (including phenoxy) is 2. The van der Waals surface area contributed by atoms with Crippen LogP contribution in [-0.2, 0) is 19.1 Å². The molecule has 0 heterocycles. The molecule has 0 rings (SSSR count). The van der Waals surface area contributed by atoms with Crippen molar-refractivity contribution in [1.82, 2.24) is 0 Å². The van der Waals surface area contributed by atoms with E-state index in [1.807, 2.05) is 0 Å². The topological polar surface area (TPSA) is 52.6 Å². The van der Waals surface area contributed by atoms with E-state index in [1.165, 1.54) is 0 Å². The average molecular weight is 224 g/mol. The van der Waals surface area contributed by atoms with Gasteiger partial charge in [0.2, 0.25) is 0 Å². The maximum Gasteiger partial charge on any atom is 0.331 e. The molecule has 4 heteroatoms. The summed E-state index contributed by atoms with van der Waals surface area (Å²) < 4.78 is 9.46. The van der Waals surface area contributed by atoms with E-state index < -0.39 is 11.9 Å². The third-order valence-corrected chi connectivity index (χ3v) is 1.28. The smallest absolute Gasteiger partial charge is 0.331 e. The Labute approximate surface area is 95.2 Å². The first-order valence-corrected chi connectivity index (χ1v) is 4.72. The molecule has 0 saturated heterocycles. The summed E-state index contributed by atoms with van der Waals surface area (Å²) in [5.74, 6) is -1.20. The van der Waals surface area contributed by atoms with Crippen LogP contribution in [0.25, 0.3) is 0 Å². The van der Waals surface area contributed by atoms with Gasteiger partial charge in [0.05, 0.1) is 0 Å². The summed E-state index contributed by atoms with van der Waals surface area (Å²) in [6, 6.07) is 0. The normalized spacial score (nSPS) is 9.88. The van der Waals surface area contributed by atoms with Crippen molar-refractivity contribution < 1.29 is 19.1 Å². The van der Waals surface area contributed by atoms with Crippen LogP contribution >= 0.6 is 0 Å². The molecular formula is C12H16O4. The van der Waals surface area contributed by atoms with Crippen molar-refractivity contribution in [2.24, 2.45) is 0 Å². The summed E-state index contributed by atoms with van der Waals surface area (Å²) in [5.41, 5.74) is 1.46. The van der Waals surface area contributed by atoms with E-state index in [-0.39, 0.29) is 13.2 Å². The van der Waals surface area contributed by atoms with Crippen LogP contribution in [0.3, 0.4) is 0 Å². The van der Waals surface area contributed by atoms with Crippen molar-refractivity contribution in [3.8, 4) is 0 Å². The van der Waals surface area contributed by atoms with Crippen LogP contribution in [0, 0.1) is 0 Å². The van der Waals surface area contributed by atoms with Crippen molar-refractivity contribution >= 4 is 11.9 Å². The molecular weight excluding hydrogens is 208 g/mol. The minimum absolute atomic E-state index is 0.143. The van der Waals surface area contributed by atoms with E-state index in [9.17, 15) is 9.59 Å². The molecule has 0 aromatic heterocycles. The molecule has 0 fully saturated rings. The Morgan fingerprint density at radius 1 is 0.938 bits per heavy atom. The fraction of sp³-hybridized carbons (Fsp3) is 0.333. The van der Waals surface area contributed by atoms with E-state index in [4.69, 9.17) is 9.47 Å². The average Bonchev–Trinajstić information content (AvgIpc) is 2.20. The van der Waals surface area contributed by atoms with Crippen molar-refractivity contribution in [1.29, 1.82) is 0 Å². The van der Waals surface area contributed by atoms with Crippen LogP contribution in [0.1, 0.15) is 13.8 Å². The van der Waals surface area contributed by atoms with Gasteiger partial charge in [-0.25, -0.2) is 9.59 Å². The highest BCUT2D eigenvalue weighted by molar-refractivity contribution is 5.91. The number of hydrogen-bond acceptors (Lipinski definition) is 4. The van der Waals surface area contributed by atoms with E-state index in [0.717, 1.165) is 23.3 Å². The highest BCUT2D eigenvalue weighted by atomic mass is 16.5. The van der Waals surface area contributed by atoms with Crippen LogP contribution in [-0.4, -0.2) is 25.2 Å². The van der Waals surface area contributed by atoms with Gasteiger partial charge in [-0.05, 0) is 25.0 Å². The van der Waals surface area contributed by atoms with Crippen LogP contribution in [0.5, 0.6) is 0 Å². The molecule has 0 amide bonds. The Morgan fingerprint density at radius 3 is 1.50 bits per heavy atom. The largest absolute Gasteiger partial charge is 0.458 e. The van der Waals surface area contributed by atoms with Crippen LogP contribution in [0.4, 0.5) is 0 Å². The number of rotatable bonds is 6. The van der Waals surface area contributed by atoms with Gasteiger partial charge in [-0.3, -0.25) is 0 Å². The molecule has 88 valence electrons. The Balaban J connectivity index is 3.88. The Bertz CT molecular complexity index is 294. The van der Waals surface area contributed by atoms with Gasteiger partial charge < -0.3 is 9.47 Å². The van der Waals surface area contributed by atoms with Crippen molar-refractivity contribution in [3.05, 3.63) is 36.5 Å². The third kappa shape index (κ3) is 8.74. The summed E-state index contributed by atoms with van der Waals surface area (Å²) in [5, 5.41) is 0. The molecule has 0 aliphatic carbocycles. The van der Waals surface area contributed by atoms with Gasteiger partial charge in [0.25, 0.3) is 0 Å². The summed E-state index contributed by atoms with van der Waals surface area (Å²) >= 11 is 0. The molecule has 0 aromatic carbocycles. The Morgan fingerprint density at radius 2 is 1.25 bits per heavy atom. The number of carbonyl (C=O) groups excluding carboxylic acids is 2. The van der Waals surface area contributed by atoms with Gasteiger partial charge in [-0.1, -0.05) is 13.2 Å². The Kier molecular flexibility index (Phi) is 6.59. The van der Waals surface area contributed by atoms with Crippen LogP contribution < -0.4 is 0 Å². The third-order valence-electron chi connectivity index (χ3n) is 1.28. The standard InChI is InChI=1S/C12H16O4/c1-9(2)7-15-11(13)5-6-12(14)16-8-10(3)4/h5-6H,1,3,7-8H2,2,4H3. The predicted molar refractivity (Wildman–Crippen MR) is 60.7 cm³/mol. The van der Waals surface area contributed by atoms with Crippen molar-refractivity contribution in [2.45, 2.75) is 13.8 Å². The summed E-state index contributed by atoms with van der Waals surface area (Å²) in [7, 11) is 0. The first kappa shape index (κ1) is 14.2. The molecule has 0 N–H and O–H groups in total. The molecule has 4 nitrogen and oxygen atoms in total. The van der Waals surface area contributed by atoms with E-state index >= 15 is 0 Å². The van der Waals surface area contributed by atoms with Gasteiger partial charge >= 0.3 is 11.9 Å². The molecule has 0 saturated carbocycles. The highest BCUT2D eigenvalue weighted by Crippen LogP contribution is 1.93. The Hall–Kier alpha value is -1.84. The molecule has 0 aromatic rings. The van der Waals surface area contributed by atoms with Crippen LogP contribution in [0.15, 0.2) is 36.5 Å². The first-order chi connectivity index (χ1) is 7.41. The number of carbonyl (C=O) groups is 2. The summed E-state index contributed by atoms with van der Waals surface area (Å²) in [6.45, 7) is 10.9. The summed E-state index contributed by atoms with van der Waals surface area (Å²) in [6.07, 6.45) is 2.04. The maximum atomic E-state index is 11.0. The lowest BCUT2D eigenvalue weighted by Gasteiger charge is -2.01. The zero-order chi connectivity index (χ0) is 12.6. The monoisotopic (exact) mass is 224 g/mol. The van der Waals surface area contributed by atoms with Crippen molar-refractivity contribution in [2.75, 3.05) is 13.2 Å². The second-order valence-electron chi connectivity index (χ2n) is 3.46. The van der Waals surface area contributed by atoms with Gasteiger partial charge in [0.1, 0.15) is 13.2 Å². The van der Waals surface area contributed by atoms with E-state index in [0.29, 0.717) is 0 Å². The minimum atomic E-state index is -0.602. The molecule has 0 aliphatic heterocycles. The first-order valence-electron chi connectivity index (χ1n) is 4.72. The second kappa shape index (κ2) is 7.45. The lowest BCUT2D eigenvalue weighted by atomic mass is 10.4. The van der Waals surface area contributed by atoms with Crippen LogP contribution in [0.2, 0.25) is 0 Å². The SMILES string of the molecule is C=C(C)COC(=O)C=CC(=O)OCC(=C)C. The predicted octanol–water partition coefficient (Wildman–Crippen LogP) is 1.78. The lowest BCUT2D eigenvalue weighted by Crippen LogP contribution is -2.06. The van der Waals surface area contributed by atoms with Crippen molar-refractivity contribution in [3.63, 3.8) is 0 Å². The molecule has 0 atom stereocenters. The number of esters is 2. The summed E-state index contributed by atoms with van der Waals surface area (Å²) in [4.78, 5) is 22.0. The fourth-order valence-corrected chi connectivity index (χ4v) is 0.621. The van der Waals surface area contributed by atoms with Gasteiger partial charge in [-0.2, -0.15) is 0 Å². The highest BCUT2D eigenvalue weighted by Gasteiger charge is 2.00. The zero-order valence-electron chi connectivity index (χ0n) is 9.62. The maximum absolute atomic E-state index is 11.0. The minimum Gasteiger partial charge on any atom is -0.458 e. The van der Waals surface area contributed by atoms with E-state index in [1.54, 1.807) is 13.8 Å². The van der Waals surface area contributed by atoms with E-state index in [2.05, 4.69) is 13.2 Å². The fourth-order valence-electron chi connectivity index (χ4n) is 0.621. The molecule has 0 aliphatic rings. The molecule has 0 unspecified atom stereocenters. The van der Waals surface area contributed by atoms with Gasteiger partial charge in [-0.15, -0.1) is 0 Å². The lowest BCUT2D eigenvalue weighted by molar-refractivity contribution is -0.139. The molecule has 0 spiro atoms. The number of hydrogen-bond donors (Lipinski definition) is 0. The van der Waals surface area contributed by atoms with Gasteiger partial charge in [0, 0.05) is 12.2 Å².